The van der Waals surface area contributed by atoms with Gasteiger partial charge in [0.05, 0.1) is 12.8 Å². The lowest BCUT2D eigenvalue weighted by Gasteiger charge is -2.12. The molecule has 5 nitrogen and oxygen atoms in total. The minimum absolute atomic E-state index is 0.337. The fourth-order valence-corrected chi connectivity index (χ4v) is 2.14. The van der Waals surface area contributed by atoms with Crippen LogP contribution in [-0.4, -0.2) is 24.8 Å². The highest BCUT2D eigenvalue weighted by molar-refractivity contribution is 6.30. The highest BCUT2D eigenvalue weighted by Crippen LogP contribution is 2.16. The van der Waals surface area contributed by atoms with Crippen LogP contribution in [0.3, 0.4) is 0 Å². The Morgan fingerprint density at radius 3 is 2.46 bits per heavy atom. The van der Waals surface area contributed by atoms with Gasteiger partial charge in [0.1, 0.15) is 11.5 Å². The number of hydrazone groups is 1. The topological polar surface area (TPSA) is 59.9 Å². The Morgan fingerprint density at radius 2 is 1.81 bits per heavy atom. The van der Waals surface area contributed by atoms with Crippen molar-refractivity contribution in [3.05, 3.63) is 59.1 Å². The van der Waals surface area contributed by atoms with Crippen molar-refractivity contribution in [3.8, 4) is 11.5 Å². The van der Waals surface area contributed by atoms with E-state index in [2.05, 4.69) is 17.5 Å². The van der Waals surface area contributed by atoms with Crippen molar-refractivity contribution in [2.75, 3.05) is 6.61 Å². The standard InChI is InChI=1S/C20H23ClN2O3/c1-3-4-13-25-18-9-5-16(6-10-18)14-22-23-20(24)15(2)26-19-11-7-17(21)8-12-19/h5-12,14-15H,3-4,13H2,1-2H3,(H,23,24). The smallest absolute Gasteiger partial charge is 0.280 e. The zero-order valence-electron chi connectivity index (χ0n) is 14.9. The molecule has 1 unspecified atom stereocenters. The van der Waals surface area contributed by atoms with E-state index in [0.717, 1.165) is 24.2 Å². The van der Waals surface area contributed by atoms with E-state index < -0.39 is 6.10 Å². The highest BCUT2D eigenvalue weighted by atomic mass is 35.5. The van der Waals surface area contributed by atoms with Crippen LogP contribution in [0.15, 0.2) is 53.6 Å². The quantitative estimate of drug-likeness (QED) is 0.401. The number of unbranched alkanes of at least 4 members (excludes halogenated alkanes) is 1. The summed E-state index contributed by atoms with van der Waals surface area (Å²) < 4.78 is 11.1. The summed E-state index contributed by atoms with van der Waals surface area (Å²) in [5.41, 5.74) is 3.33. The molecule has 2 aromatic carbocycles. The molecule has 0 bridgehead atoms. The van der Waals surface area contributed by atoms with Crippen LogP contribution in [0.25, 0.3) is 0 Å². The van der Waals surface area contributed by atoms with Crippen molar-refractivity contribution in [3.63, 3.8) is 0 Å². The predicted molar refractivity (Wildman–Crippen MR) is 104 cm³/mol. The SMILES string of the molecule is CCCCOc1ccc(C=NNC(=O)C(C)Oc2ccc(Cl)cc2)cc1. The molecule has 0 aromatic heterocycles. The van der Waals surface area contributed by atoms with Crippen molar-refractivity contribution in [2.24, 2.45) is 5.10 Å². The molecule has 0 saturated carbocycles. The molecule has 138 valence electrons. The van der Waals surface area contributed by atoms with E-state index in [0.29, 0.717) is 17.4 Å². The maximum atomic E-state index is 12.0. The average Bonchev–Trinajstić information content (AvgIpc) is 2.65. The van der Waals surface area contributed by atoms with Gasteiger partial charge in [0.15, 0.2) is 6.10 Å². The molecule has 0 aliphatic carbocycles. The van der Waals surface area contributed by atoms with Gasteiger partial charge < -0.3 is 9.47 Å². The molecule has 0 spiro atoms. The van der Waals surface area contributed by atoms with Crippen molar-refractivity contribution in [1.29, 1.82) is 0 Å². The molecule has 0 aliphatic rings. The Morgan fingerprint density at radius 1 is 1.15 bits per heavy atom. The fourth-order valence-electron chi connectivity index (χ4n) is 2.02. The van der Waals surface area contributed by atoms with Crippen LogP contribution < -0.4 is 14.9 Å². The third-order valence-corrected chi connectivity index (χ3v) is 3.78. The first-order valence-electron chi connectivity index (χ1n) is 8.56. The summed E-state index contributed by atoms with van der Waals surface area (Å²) >= 11 is 5.82. The van der Waals surface area contributed by atoms with Gasteiger partial charge in [-0.3, -0.25) is 4.79 Å². The first-order valence-corrected chi connectivity index (χ1v) is 8.94. The number of hydrogen-bond acceptors (Lipinski definition) is 4. The second-order valence-corrected chi connectivity index (χ2v) is 6.16. The minimum Gasteiger partial charge on any atom is -0.494 e. The Bertz CT molecular complexity index is 715. The average molecular weight is 375 g/mol. The third-order valence-electron chi connectivity index (χ3n) is 3.53. The van der Waals surface area contributed by atoms with Crippen LogP contribution in [0.2, 0.25) is 5.02 Å². The largest absolute Gasteiger partial charge is 0.494 e. The van der Waals surface area contributed by atoms with Gasteiger partial charge in [-0.25, -0.2) is 5.43 Å². The summed E-state index contributed by atoms with van der Waals surface area (Å²) in [6.45, 7) is 4.49. The van der Waals surface area contributed by atoms with Gasteiger partial charge in [0.25, 0.3) is 5.91 Å². The second kappa shape index (κ2) is 10.5. The van der Waals surface area contributed by atoms with Gasteiger partial charge in [0.2, 0.25) is 0 Å². The summed E-state index contributed by atoms with van der Waals surface area (Å²) in [5.74, 6) is 1.06. The number of benzene rings is 2. The van der Waals surface area contributed by atoms with E-state index in [4.69, 9.17) is 21.1 Å². The summed E-state index contributed by atoms with van der Waals surface area (Å²) in [6, 6.07) is 14.3. The number of amides is 1. The Hall–Kier alpha value is -2.53. The molecule has 1 N–H and O–H groups in total. The van der Waals surface area contributed by atoms with Crippen molar-refractivity contribution < 1.29 is 14.3 Å². The first kappa shape index (κ1) is 19.8. The van der Waals surface area contributed by atoms with Crippen LogP contribution in [0.1, 0.15) is 32.3 Å². The highest BCUT2D eigenvalue weighted by Gasteiger charge is 2.13. The van der Waals surface area contributed by atoms with Crippen LogP contribution >= 0.6 is 11.6 Å². The first-order chi connectivity index (χ1) is 12.6. The van der Waals surface area contributed by atoms with Crippen LogP contribution in [-0.2, 0) is 4.79 Å². The second-order valence-electron chi connectivity index (χ2n) is 5.72. The molecule has 1 amide bonds. The number of ether oxygens (including phenoxy) is 2. The van der Waals surface area contributed by atoms with Crippen LogP contribution in [0, 0.1) is 0 Å². The third kappa shape index (κ3) is 6.76. The molecule has 0 saturated heterocycles. The van der Waals surface area contributed by atoms with Gasteiger partial charge in [0, 0.05) is 5.02 Å². The molecule has 2 aromatic rings. The molecular weight excluding hydrogens is 352 g/mol. The number of rotatable bonds is 9. The lowest BCUT2D eigenvalue weighted by Crippen LogP contribution is -2.33. The number of carbonyl (C=O) groups is 1. The normalized spacial score (nSPS) is 12.0. The summed E-state index contributed by atoms with van der Waals surface area (Å²) in [4.78, 5) is 12.0. The molecule has 2 rings (SSSR count). The molecule has 0 heterocycles. The van der Waals surface area contributed by atoms with Crippen molar-refractivity contribution >= 4 is 23.7 Å². The maximum absolute atomic E-state index is 12.0. The molecule has 0 radical (unpaired) electrons. The van der Waals surface area contributed by atoms with E-state index in [1.165, 1.54) is 0 Å². The number of nitrogens with zero attached hydrogens (tertiary/aromatic N) is 1. The minimum atomic E-state index is -0.678. The monoisotopic (exact) mass is 374 g/mol. The molecular formula is C20H23ClN2O3. The van der Waals surface area contributed by atoms with Gasteiger partial charge in [-0.2, -0.15) is 5.10 Å². The Balaban J connectivity index is 1.79. The lowest BCUT2D eigenvalue weighted by atomic mass is 10.2. The summed E-state index contributed by atoms with van der Waals surface area (Å²) in [7, 11) is 0. The Kier molecular flexibility index (Phi) is 7.96. The number of halogens is 1. The van der Waals surface area contributed by atoms with Gasteiger partial charge in [-0.15, -0.1) is 0 Å². The van der Waals surface area contributed by atoms with Gasteiger partial charge >= 0.3 is 0 Å². The van der Waals surface area contributed by atoms with E-state index in [9.17, 15) is 4.79 Å². The fraction of sp³-hybridized carbons (Fsp3) is 0.300. The summed E-state index contributed by atoms with van der Waals surface area (Å²) in [5, 5.41) is 4.57. The number of hydrogen-bond donors (Lipinski definition) is 1. The van der Waals surface area contributed by atoms with Gasteiger partial charge in [-0.1, -0.05) is 24.9 Å². The zero-order chi connectivity index (χ0) is 18.8. The number of carbonyl (C=O) groups excluding carboxylic acids is 1. The predicted octanol–water partition coefficient (Wildman–Crippen LogP) is 4.44. The van der Waals surface area contributed by atoms with E-state index in [1.807, 2.05) is 24.3 Å². The molecule has 0 aliphatic heterocycles. The van der Waals surface area contributed by atoms with Crippen molar-refractivity contribution in [1.82, 2.24) is 5.43 Å². The van der Waals surface area contributed by atoms with Crippen LogP contribution in [0.5, 0.6) is 11.5 Å². The van der Waals surface area contributed by atoms with Crippen LogP contribution in [0.4, 0.5) is 0 Å². The maximum Gasteiger partial charge on any atom is 0.280 e. The van der Waals surface area contributed by atoms with E-state index >= 15 is 0 Å². The van der Waals surface area contributed by atoms with Gasteiger partial charge in [-0.05, 0) is 67.4 Å². The molecule has 0 fully saturated rings. The zero-order valence-corrected chi connectivity index (χ0v) is 15.7. The molecule has 1 atom stereocenters. The van der Waals surface area contributed by atoms with Crippen molar-refractivity contribution in [2.45, 2.75) is 32.8 Å². The Labute approximate surface area is 159 Å². The lowest BCUT2D eigenvalue weighted by molar-refractivity contribution is -0.127. The summed E-state index contributed by atoms with van der Waals surface area (Å²) in [6.07, 6.45) is 3.03. The molecule has 26 heavy (non-hydrogen) atoms. The van der Waals surface area contributed by atoms with E-state index in [1.54, 1.807) is 37.4 Å². The van der Waals surface area contributed by atoms with E-state index in [-0.39, 0.29) is 5.91 Å². The number of nitrogens with one attached hydrogen (secondary N) is 1. The molecule has 6 heteroatoms.